The SMILES string of the molecule is CCN[C@H](C(=O)N[C@@H](CCCNC(N)=O)C(=O)Nc1ccc(COC(=O)C(C)C)cc1O[C@@H]1O[C@H](C(=O)NCCN(C)C)[C@@H](O)[C@H](O)[C@H]1O)C(C)C. The van der Waals surface area contributed by atoms with Crippen LogP contribution >= 0.6 is 0 Å². The maximum atomic E-state index is 13.8. The third kappa shape index (κ3) is 13.8. The summed E-state index contributed by atoms with van der Waals surface area (Å²) in [5.41, 5.74) is 5.62. The first kappa shape index (κ1) is 44.1. The fourth-order valence-electron chi connectivity index (χ4n) is 5.09. The minimum Gasteiger partial charge on any atom is -0.461 e. The number of carbonyl (C=O) groups excluding carboxylic acids is 5. The van der Waals surface area contributed by atoms with Crippen LogP contribution in [-0.4, -0.2) is 133 Å². The molecule has 2 rings (SSSR count). The van der Waals surface area contributed by atoms with Gasteiger partial charge in [0, 0.05) is 19.6 Å². The molecule has 18 nitrogen and oxygen atoms in total. The Morgan fingerprint density at radius 3 is 2.25 bits per heavy atom. The molecule has 0 bridgehead atoms. The van der Waals surface area contributed by atoms with E-state index in [-0.39, 0.29) is 49.9 Å². The smallest absolute Gasteiger partial charge is 0.312 e. The van der Waals surface area contributed by atoms with E-state index in [9.17, 15) is 39.3 Å². The Hall–Kier alpha value is -4.07. The van der Waals surface area contributed by atoms with E-state index < -0.39 is 78.4 Å². The molecule has 10 N–H and O–H groups in total. The summed E-state index contributed by atoms with van der Waals surface area (Å²) in [5.74, 6) is -2.91. The zero-order valence-electron chi connectivity index (χ0n) is 31.0. The number of nitrogens with one attached hydrogen (secondary N) is 5. The van der Waals surface area contributed by atoms with Crippen molar-refractivity contribution in [2.24, 2.45) is 17.6 Å². The Labute approximate surface area is 304 Å². The molecule has 0 aliphatic carbocycles. The first-order valence-electron chi connectivity index (χ1n) is 17.4. The maximum Gasteiger partial charge on any atom is 0.312 e. The number of amides is 5. The van der Waals surface area contributed by atoms with Gasteiger partial charge in [-0.2, -0.15) is 0 Å². The molecule has 1 saturated heterocycles. The van der Waals surface area contributed by atoms with Crippen molar-refractivity contribution >= 4 is 35.4 Å². The molecule has 18 heteroatoms. The number of likely N-dealkylation sites (N-methyl/N-ethyl adjacent to an activating group) is 2. The number of rotatable bonds is 20. The van der Waals surface area contributed by atoms with E-state index in [1.54, 1.807) is 34.0 Å². The van der Waals surface area contributed by atoms with Gasteiger partial charge >= 0.3 is 12.0 Å². The molecule has 1 heterocycles. The molecule has 0 unspecified atom stereocenters. The summed E-state index contributed by atoms with van der Waals surface area (Å²) >= 11 is 0. The lowest BCUT2D eigenvalue weighted by atomic mass is 9.98. The Balaban J connectivity index is 2.44. The molecule has 1 aromatic rings. The lowest BCUT2D eigenvalue weighted by molar-refractivity contribution is -0.266. The molecule has 52 heavy (non-hydrogen) atoms. The predicted octanol–water partition coefficient (Wildman–Crippen LogP) is -1.24. The van der Waals surface area contributed by atoms with Crippen molar-refractivity contribution in [1.29, 1.82) is 0 Å². The van der Waals surface area contributed by atoms with E-state index in [2.05, 4.69) is 26.6 Å². The van der Waals surface area contributed by atoms with E-state index in [4.69, 9.17) is 19.9 Å². The van der Waals surface area contributed by atoms with Gasteiger partial charge in [-0.15, -0.1) is 0 Å². The molecule has 0 aromatic heterocycles. The lowest BCUT2D eigenvalue weighted by Gasteiger charge is -2.39. The first-order valence-corrected chi connectivity index (χ1v) is 17.4. The van der Waals surface area contributed by atoms with Gasteiger partial charge in [0.25, 0.3) is 5.91 Å². The van der Waals surface area contributed by atoms with E-state index >= 15 is 0 Å². The lowest BCUT2D eigenvalue weighted by Crippen LogP contribution is -2.63. The normalized spacial score (nSPS) is 21.3. The minimum absolute atomic E-state index is 0.0361. The molecule has 1 aliphatic heterocycles. The second-order valence-corrected chi connectivity index (χ2v) is 13.5. The number of urea groups is 1. The Kier molecular flexibility index (Phi) is 18.2. The molecule has 0 radical (unpaired) electrons. The molecule has 1 aromatic carbocycles. The molecule has 1 fully saturated rings. The van der Waals surface area contributed by atoms with Gasteiger partial charge in [0.2, 0.25) is 18.1 Å². The summed E-state index contributed by atoms with van der Waals surface area (Å²) in [6.07, 6.45) is -8.44. The number of hydrogen-bond acceptors (Lipinski definition) is 13. The van der Waals surface area contributed by atoms with Crippen LogP contribution in [0.5, 0.6) is 5.75 Å². The number of nitrogens with zero attached hydrogens (tertiary/aromatic N) is 1. The molecule has 294 valence electrons. The molecule has 7 atom stereocenters. The number of nitrogens with two attached hydrogens (primary N) is 1. The van der Waals surface area contributed by atoms with Crippen molar-refractivity contribution in [3.8, 4) is 5.75 Å². The summed E-state index contributed by atoms with van der Waals surface area (Å²) in [6.45, 7) is 10.1. The highest BCUT2D eigenvalue weighted by Gasteiger charge is 2.48. The van der Waals surface area contributed by atoms with Crippen LogP contribution in [-0.2, 0) is 35.3 Å². The van der Waals surface area contributed by atoms with Crippen LogP contribution < -0.4 is 37.1 Å². The zero-order valence-corrected chi connectivity index (χ0v) is 31.0. The van der Waals surface area contributed by atoms with Crippen LogP contribution in [0, 0.1) is 11.8 Å². The summed E-state index contributed by atoms with van der Waals surface area (Å²) in [4.78, 5) is 65.2. The van der Waals surface area contributed by atoms with Crippen LogP contribution in [0.25, 0.3) is 0 Å². The van der Waals surface area contributed by atoms with Crippen molar-refractivity contribution in [2.75, 3.05) is 45.6 Å². The van der Waals surface area contributed by atoms with Gasteiger partial charge in [-0.25, -0.2) is 4.79 Å². The van der Waals surface area contributed by atoms with Crippen LogP contribution in [0.1, 0.15) is 53.0 Å². The molecule has 0 saturated carbocycles. The van der Waals surface area contributed by atoms with Gasteiger partial charge in [0.15, 0.2) is 6.10 Å². The van der Waals surface area contributed by atoms with E-state index in [1.807, 2.05) is 25.7 Å². The second-order valence-electron chi connectivity index (χ2n) is 13.5. The largest absolute Gasteiger partial charge is 0.461 e. The van der Waals surface area contributed by atoms with Crippen molar-refractivity contribution in [1.82, 2.24) is 26.2 Å². The van der Waals surface area contributed by atoms with Gasteiger partial charge in [-0.3, -0.25) is 19.2 Å². The second kappa shape index (κ2) is 21.5. The minimum atomic E-state index is -1.85. The summed E-state index contributed by atoms with van der Waals surface area (Å²) in [7, 11) is 3.61. The molecular weight excluding hydrogens is 682 g/mol. The number of esters is 1. The summed E-state index contributed by atoms with van der Waals surface area (Å²) in [6, 6.07) is 1.98. The topological polar surface area (TPSA) is 263 Å². The molecular formula is C34H57N7O11. The van der Waals surface area contributed by atoms with Crippen molar-refractivity contribution in [3.63, 3.8) is 0 Å². The molecule has 5 amide bonds. The number of benzene rings is 1. The number of aliphatic hydroxyl groups excluding tert-OH is 3. The zero-order chi connectivity index (χ0) is 39.1. The Morgan fingerprint density at radius 2 is 1.65 bits per heavy atom. The van der Waals surface area contributed by atoms with Crippen LogP contribution in [0.2, 0.25) is 0 Å². The monoisotopic (exact) mass is 739 g/mol. The quantitative estimate of drug-likeness (QED) is 0.0560. The summed E-state index contributed by atoms with van der Waals surface area (Å²) < 4.78 is 17.0. The highest BCUT2D eigenvalue weighted by Crippen LogP contribution is 2.31. The van der Waals surface area contributed by atoms with Crippen LogP contribution in [0.15, 0.2) is 18.2 Å². The van der Waals surface area contributed by atoms with Gasteiger partial charge < -0.3 is 66.7 Å². The third-order valence-electron chi connectivity index (χ3n) is 8.06. The standard InChI is InChI=1S/C34H57N7O11/c1-8-36-24(18(2)3)30(46)40-22(10-9-13-38-34(35)49)29(45)39-21-12-11-20(17-50-32(48)19(4)5)16-23(21)51-33-27(44)25(42)26(43)28(52-33)31(47)37-14-15-41(6)7/h11-12,16,18-19,22,24-28,33,36,42-44H,8-10,13-15,17H2,1-7H3,(H,37,47)(H,39,45)(H,40,46)(H3,35,38,49)/t22-,24-,25-,26-,27+,28-,33+/m0/s1. The maximum absolute atomic E-state index is 13.8. The van der Waals surface area contributed by atoms with E-state index in [0.29, 0.717) is 18.7 Å². The summed E-state index contributed by atoms with van der Waals surface area (Å²) in [5, 5.41) is 45.7. The number of primary amides is 1. The van der Waals surface area contributed by atoms with Crippen LogP contribution in [0.3, 0.4) is 0 Å². The van der Waals surface area contributed by atoms with Crippen molar-refractivity contribution in [2.45, 2.75) is 96.9 Å². The van der Waals surface area contributed by atoms with E-state index in [1.165, 1.54) is 12.1 Å². The number of carbonyl (C=O) groups is 5. The van der Waals surface area contributed by atoms with Gasteiger partial charge in [0.05, 0.1) is 17.6 Å². The van der Waals surface area contributed by atoms with Gasteiger partial charge in [-0.1, -0.05) is 40.7 Å². The fraction of sp³-hybridized carbons (Fsp3) is 0.676. The molecule has 0 spiro atoms. The fourth-order valence-corrected chi connectivity index (χ4v) is 5.09. The number of hydrogen-bond donors (Lipinski definition) is 9. The van der Waals surface area contributed by atoms with Crippen LogP contribution in [0.4, 0.5) is 10.5 Å². The third-order valence-corrected chi connectivity index (χ3v) is 8.06. The first-order chi connectivity index (χ1) is 24.5. The number of aliphatic hydroxyl groups is 3. The van der Waals surface area contributed by atoms with Gasteiger partial charge in [-0.05, 0) is 57.1 Å². The number of anilines is 1. The average molecular weight is 740 g/mol. The van der Waals surface area contributed by atoms with Gasteiger partial charge in [0.1, 0.15) is 36.7 Å². The highest BCUT2D eigenvalue weighted by atomic mass is 16.7. The van der Waals surface area contributed by atoms with Crippen molar-refractivity contribution in [3.05, 3.63) is 23.8 Å². The highest BCUT2D eigenvalue weighted by molar-refractivity contribution is 5.99. The Morgan fingerprint density at radius 1 is 0.962 bits per heavy atom. The predicted molar refractivity (Wildman–Crippen MR) is 190 cm³/mol. The Bertz CT molecular complexity index is 1350. The van der Waals surface area contributed by atoms with Crippen molar-refractivity contribution < 1.29 is 53.5 Å². The number of ether oxygens (including phenoxy) is 3. The molecule has 1 aliphatic rings. The average Bonchev–Trinajstić information content (AvgIpc) is 3.07. The van der Waals surface area contributed by atoms with E-state index in [0.717, 1.165) is 0 Å².